The molecule has 0 spiro atoms. The number of fused-ring (bicyclic) bond motifs is 1. The van der Waals surface area contributed by atoms with Gasteiger partial charge in [0.2, 0.25) is 5.82 Å². The Bertz CT molecular complexity index is 1120. The predicted octanol–water partition coefficient (Wildman–Crippen LogP) is 2.15. The first-order chi connectivity index (χ1) is 12.5. The van der Waals surface area contributed by atoms with E-state index in [-0.39, 0.29) is 40.5 Å². The van der Waals surface area contributed by atoms with Crippen LogP contribution in [0.5, 0.6) is 5.75 Å². The first kappa shape index (κ1) is 15.8. The van der Waals surface area contributed by atoms with Crippen LogP contribution in [0.1, 0.15) is 21.7 Å². The minimum atomic E-state index is -0.661. The molecule has 4 N–H and O–H groups in total. The number of hydrogen-bond donors (Lipinski definition) is 3. The monoisotopic (exact) mass is 353 g/mol. The number of carbonyl (C=O) groups is 1. The van der Waals surface area contributed by atoms with Crippen LogP contribution in [0.3, 0.4) is 0 Å². The zero-order valence-electron chi connectivity index (χ0n) is 13.2. The molecule has 0 atom stereocenters. The number of furan rings is 1. The average molecular weight is 353 g/mol. The van der Waals surface area contributed by atoms with E-state index in [1.807, 2.05) is 0 Å². The van der Waals surface area contributed by atoms with Crippen molar-refractivity contribution in [2.45, 2.75) is 6.42 Å². The van der Waals surface area contributed by atoms with Crippen molar-refractivity contribution in [1.29, 1.82) is 0 Å². The molecule has 2 heterocycles. The Hall–Kier alpha value is -3.75. The summed E-state index contributed by atoms with van der Waals surface area (Å²) in [4.78, 5) is 11.5. The standard InChI is InChI=1S/C17H12FN5O3/c18-12-6-8(4-5-9(12)17-20-22-23-21-17)7-13-14(24)10-2-1-3-11(16(19)25)15(10)26-13/h1-6,24H,7H2,(H2,19,25)(H,20,21,22,23). The minimum absolute atomic E-state index is 0.106. The zero-order valence-corrected chi connectivity index (χ0v) is 13.2. The molecule has 0 aliphatic heterocycles. The van der Waals surface area contributed by atoms with Crippen LogP contribution in [0.25, 0.3) is 22.4 Å². The molecular formula is C17H12FN5O3. The first-order valence-electron chi connectivity index (χ1n) is 7.60. The van der Waals surface area contributed by atoms with Gasteiger partial charge in [-0.2, -0.15) is 5.21 Å². The second-order valence-electron chi connectivity index (χ2n) is 5.65. The van der Waals surface area contributed by atoms with Gasteiger partial charge < -0.3 is 15.3 Å². The van der Waals surface area contributed by atoms with E-state index >= 15 is 0 Å². The van der Waals surface area contributed by atoms with Crippen molar-refractivity contribution in [3.63, 3.8) is 0 Å². The first-order valence-corrected chi connectivity index (χ1v) is 7.60. The van der Waals surface area contributed by atoms with Crippen molar-refractivity contribution in [2.75, 3.05) is 0 Å². The Labute approximate surface area is 145 Å². The summed E-state index contributed by atoms with van der Waals surface area (Å²) in [6, 6.07) is 9.20. The molecule has 2 aromatic heterocycles. The van der Waals surface area contributed by atoms with Crippen LogP contribution in [0.4, 0.5) is 4.39 Å². The third-order valence-corrected chi connectivity index (χ3v) is 4.01. The highest BCUT2D eigenvalue weighted by Crippen LogP contribution is 2.35. The van der Waals surface area contributed by atoms with Crippen LogP contribution in [-0.4, -0.2) is 31.6 Å². The van der Waals surface area contributed by atoms with E-state index in [1.165, 1.54) is 18.2 Å². The summed E-state index contributed by atoms with van der Waals surface area (Å²) < 4.78 is 19.9. The number of primary amides is 1. The highest BCUT2D eigenvalue weighted by Gasteiger charge is 2.19. The third-order valence-electron chi connectivity index (χ3n) is 4.01. The van der Waals surface area contributed by atoms with Crippen molar-refractivity contribution < 1.29 is 18.7 Å². The molecule has 4 rings (SSSR count). The van der Waals surface area contributed by atoms with Gasteiger partial charge in [-0.1, -0.05) is 12.1 Å². The van der Waals surface area contributed by atoms with Gasteiger partial charge in [0.05, 0.1) is 16.5 Å². The molecule has 130 valence electrons. The molecular weight excluding hydrogens is 341 g/mol. The molecule has 0 radical (unpaired) electrons. The molecule has 8 nitrogen and oxygen atoms in total. The molecule has 0 unspecified atom stereocenters. The fraction of sp³-hybridized carbons (Fsp3) is 0.0588. The topological polar surface area (TPSA) is 131 Å². The number of para-hydroxylation sites is 1. The van der Waals surface area contributed by atoms with E-state index in [0.29, 0.717) is 10.9 Å². The number of tetrazole rings is 1. The fourth-order valence-corrected chi connectivity index (χ4v) is 2.78. The van der Waals surface area contributed by atoms with E-state index in [9.17, 15) is 14.3 Å². The maximum absolute atomic E-state index is 14.3. The van der Waals surface area contributed by atoms with Gasteiger partial charge >= 0.3 is 0 Å². The normalized spacial score (nSPS) is 11.1. The van der Waals surface area contributed by atoms with E-state index in [0.717, 1.165) is 0 Å². The van der Waals surface area contributed by atoms with Gasteiger partial charge in [0, 0.05) is 6.42 Å². The Morgan fingerprint density at radius 2 is 2.15 bits per heavy atom. The number of aromatic amines is 1. The zero-order chi connectivity index (χ0) is 18.3. The molecule has 0 aliphatic carbocycles. The number of hydrogen-bond acceptors (Lipinski definition) is 6. The van der Waals surface area contributed by atoms with Crippen LogP contribution in [0, 0.1) is 5.82 Å². The van der Waals surface area contributed by atoms with Crippen LogP contribution in [0.2, 0.25) is 0 Å². The lowest BCUT2D eigenvalue weighted by Gasteiger charge is -2.03. The second kappa shape index (κ2) is 5.96. The molecule has 0 bridgehead atoms. The number of aromatic hydroxyl groups is 1. The highest BCUT2D eigenvalue weighted by molar-refractivity contribution is 6.05. The van der Waals surface area contributed by atoms with Crippen molar-refractivity contribution in [3.8, 4) is 17.1 Å². The molecule has 4 aromatic rings. The lowest BCUT2D eigenvalue weighted by Crippen LogP contribution is -2.10. The summed E-state index contributed by atoms with van der Waals surface area (Å²) in [7, 11) is 0. The Kier molecular flexibility index (Phi) is 3.61. The number of nitrogens with two attached hydrogens (primary N) is 1. The number of nitrogens with one attached hydrogen (secondary N) is 1. The van der Waals surface area contributed by atoms with Gasteiger partial charge in [0.25, 0.3) is 5.91 Å². The van der Waals surface area contributed by atoms with Gasteiger partial charge in [0.15, 0.2) is 17.1 Å². The summed E-state index contributed by atoms with van der Waals surface area (Å²) >= 11 is 0. The molecule has 0 fully saturated rings. The van der Waals surface area contributed by atoms with Gasteiger partial charge in [-0.15, -0.1) is 10.2 Å². The van der Waals surface area contributed by atoms with Crippen LogP contribution in [0.15, 0.2) is 40.8 Å². The molecule has 2 aromatic carbocycles. The second-order valence-corrected chi connectivity index (χ2v) is 5.65. The number of halogens is 1. The number of benzene rings is 2. The lowest BCUT2D eigenvalue weighted by molar-refractivity contribution is 0.100. The fourth-order valence-electron chi connectivity index (χ4n) is 2.78. The summed E-state index contributed by atoms with van der Waals surface area (Å²) in [5.74, 6) is -0.943. The van der Waals surface area contributed by atoms with Crippen LogP contribution < -0.4 is 5.73 Å². The molecule has 0 saturated heterocycles. The van der Waals surface area contributed by atoms with Gasteiger partial charge in [-0.25, -0.2) is 4.39 Å². The van der Waals surface area contributed by atoms with Crippen LogP contribution >= 0.6 is 0 Å². The van der Waals surface area contributed by atoms with Crippen molar-refractivity contribution in [2.24, 2.45) is 5.73 Å². The number of H-pyrrole nitrogens is 1. The maximum atomic E-state index is 14.3. The van der Waals surface area contributed by atoms with E-state index < -0.39 is 11.7 Å². The Balaban J connectivity index is 1.72. The van der Waals surface area contributed by atoms with Gasteiger partial charge in [-0.3, -0.25) is 4.79 Å². The predicted molar refractivity (Wildman–Crippen MR) is 88.8 cm³/mol. The Morgan fingerprint density at radius 3 is 2.85 bits per heavy atom. The quantitative estimate of drug-likeness (QED) is 0.515. The number of nitrogens with zero attached hydrogens (tertiary/aromatic N) is 3. The van der Waals surface area contributed by atoms with E-state index in [2.05, 4.69) is 20.6 Å². The molecule has 1 amide bonds. The summed E-state index contributed by atoms with van der Waals surface area (Å²) in [5, 5.41) is 23.9. The maximum Gasteiger partial charge on any atom is 0.252 e. The molecule has 0 aliphatic rings. The average Bonchev–Trinajstić information content (AvgIpc) is 3.24. The number of amides is 1. The molecule has 9 heteroatoms. The smallest absolute Gasteiger partial charge is 0.252 e. The minimum Gasteiger partial charge on any atom is -0.504 e. The van der Waals surface area contributed by atoms with Crippen molar-refractivity contribution in [1.82, 2.24) is 20.6 Å². The number of aromatic nitrogens is 4. The van der Waals surface area contributed by atoms with Crippen LogP contribution in [-0.2, 0) is 6.42 Å². The number of carbonyl (C=O) groups excluding carboxylic acids is 1. The van der Waals surface area contributed by atoms with Crippen molar-refractivity contribution >= 4 is 16.9 Å². The largest absolute Gasteiger partial charge is 0.504 e. The van der Waals surface area contributed by atoms with Crippen molar-refractivity contribution in [3.05, 3.63) is 59.1 Å². The summed E-state index contributed by atoms with van der Waals surface area (Å²) in [5.41, 5.74) is 6.46. The van der Waals surface area contributed by atoms with Gasteiger partial charge in [-0.05, 0) is 35.0 Å². The SMILES string of the molecule is NC(=O)c1cccc2c(O)c(Cc3ccc(-c4nn[nH]n4)c(F)c3)oc12. The third kappa shape index (κ3) is 2.55. The van der Waals surface area contributed by atoms with Gasteiger partial charge in [0.1, 0.15) is 5.82 Å². The summed E-state index contributed by atoms with van der Waals surface area (Å²) in [6.07, 6.45) is 0.127. The number of rotatable bonds is 4. The van der Waals surface area contributed by atoms with E-state index in [4.69, 9.17) is 10.2 Å². The summed E-state index contributed by atoms with van der Waals surface area (Å²) in [6.45, 7) is 0. The van der Waals surface area contributed by atoms with E-state index in [1.54, 1.807) is 18.2 Å². The highest BCUT2D eigenvalue weighted by atomic mass is 19.1. The Morgan fingerprint density at radius 1 is 1.31 bits per heavy atom. The molecule has 0 saturated carbocycles. The lowest BCUT2D eigenvalue weighted by atomic mass is 10.1. The molecule has 26 heavy (non-hydrogen) atoms.